The van der Waals surface area contributed by atoms with Crippen molar-refractivity contribution in [2.75, 3.05) is 56.6 Å². The number of nitrogens with zero attached hydrogens (tertiary/aromatic N) is 5. The lowest BCUT2D eigenvalue weighted by molar-refractivity contribution is 0.369. The Kier molecular flexibility index (Phi) is 8.81. The van der Waals surface area contributed by atoms with Crippen LogP contribution in [0.3, 0.4) is 0 Å². The number of aromatic hydroxyl groups is 1. The fourth-order valence-electron chi connectivity index (χ4n) is 3.29. The number of phenols is 1. The van der Waals surface area contributed by atoms with Crippen molar-refractivity contribution in [1.29, 1.82) is 0 Å². The predicted molar refractivity (Wildman–Crippen MR) is 131 cm³/mol. The quantitative estimate of drug-likeness (QED) is 0.367. The lowest BCUT2D eigenvalue weighted by atomic mass is 10.2. The maximum atomic E-state index is 10.1. The highest BCUT2D eigenvalue weighted by Gasteiger charge is 2.21. The molecule has 0 spiro atoms. The molecule has 0 aliphatic carbocycles. The summed E-state index contributed by atoms with van der Waals surface area (Å²) in [6, 6.07) is 11.6. The Bertz CT molecular complexity index is 805. The second kappa shape index (κ2) is 11.1. The number of pyridine rings is 1. The van der Waals surface area contributed by atoms with Crippen LogP contribution in [-0.4, -0.2) is 67.8 Å². The van der Waals surface area contributed by atoms with E-state index in [2.05, 4.69) is 33.1 Å². The smallest absolute Gasteiger partial charge is 0.194 e. The predicted octanol–water partition coefficient (Wildman–Crippen LogP) is 2.76. The molecule has 1 aliphatic heterocycles. The number of anilines is 2. The number of aromatic nitrogens is 1. The van der Waals surface area contributed by atoms with E-state index in [0.29, 0.717) is 12.3 Å². The summed E-state index contributed by atoms with van der Waals surface area (Å²) >= 11 is 0. The standard InChI is InChI=1S/C21H30N6O.HI/c1-4-22-21(24-16-17-9-10-23-20(15-17)25(2)3)27-13-11-26(12-14-27)18-7-5-6-8-19(18)28;/h5-10,15,28H,4,11-14,16H2,1-3H3,(H,22,24);1H. The first-order chi connectivity index (χ1) is 13.6. The van der Waals surface area contributed by atoms with Crippen LogP contribution in [0, 0.1) is 0 Å². The van der Waals surface area contributed by atoms with Crippen molar-refractivity contribution in [2.45, 2.75) is 13.5 Å². The van der Waals surface area contributed by atoms with Gasteiger partial charge in [0.05, 0.1) is 12.2 Å². The maximum absolute atomic E-state index is 10.1. The second-order valence-electron chi connectivity index (χ2n) is 7.05. The number of nitrogens with one attached hydrogen (secondary N) is 1. The first kappa shape index (κ1) is 23.1. The van der Waals surface area contributed by atoms with E-state index in [1.54, 1.807) is 6.07 Å². The minimum Gasteiger partial charge on any atom is -0.506 e. The molecule has 0 saturated carbocycles. The molecule has 0 atom stereocenters. The van der Waals surface area contributed by atoms with E-state index in [1.807, 2.05) is 49.5 Å². The van der Waals surface area contributed by atoms with Gasteiger partial charge in [0.15, 0.2) is 5.96 Å². The maximum Gasteiger partial charge on any atom is 0.194 e. The topological polar surface area (TPSA) is 67.2 Å². The van der Waals surface area contributed by atoms with Gasteiger partial charge < -0.3 is 25.1 Å². The molecule has 8 heteroatoms. The summed E-state index contributed by atoms with van der Waals surface area (Å²) in [5.41, 5.74) is 2.04. The highest BCUT2D eigenvalue weighted by atomic mass is 127. The molecule has 7 nitrogen and oxygen atoms in total. The van der Waals surface area contributed by atoms with Crippen molar-refractivity contribution in [1.82, 2.24) is 15.2 Å². The molecule has 158 valence electrons. The molecule has 2 aromatic rings. The lowest BCUT2D eigenvalue weighted by Gasteiger charge is -2.37. The van der Waals surface area contributed by atoms with E-state index in [9.17, 15) is 5.11 Å². The van der Waals surface area contributed by atoms with E-state index in [-0.39, 0.29) is 24.0 Å². The van der Waals surface area contributed by atoms with Crippen LogP contribution in [0.5, 0.6) is 5.75 Å². The third kappa shape index (κ3) is 6.12. The van der Waals surface area contributed by atoms with E-state index in [0.717, 1.165) is 55.8 Å². The Morgan fingerprint density at radius 2 is 1.90 bits per heavy atom. The molecule has 0 radical (unpaired) electrons. The summed E-state index contributed by atoms with van der Waals surface area (Å²) in [5, 5.41) is 13.5. The van der Waals surface area contributed by atoms with Crippen molar-refractivity contribution in [3.8, 4) is 5.75 Å². The van der Waals surface area contributed by atoms with Gasteiger partial charge >= 0.3 is 0 Å². The number of halogens is 1. The number of aliphatic imine (C=N–C) groups is 1. The van der Waals surface area contributed by atoms with E-state index < -0.39 is 0 Å². The van der Waals surface area contributed by atoms with Crippen LogP contribution in [0.2, 0.25) is 0 Å². The summed E-state index contributed by atoms with van der Waals surface area (Å²) in [7, 11) is 3.98. The van der Waals surface area contributed by atoms with Crippen molar-refractivity contribution >= 4 is 41.4 Å². The normalized spacial score (nSPS) is 14.4. The van der Waals surface area contributed by atoms with Crippen LogP contribution in [0.25, 0.3) is 0 Å². The molecule has 2 heterocycles. The summed E-state index contributed by atoms with van der Waals surface area (Å²) in [4.78, 5) is 15.7. The van der Waals surface area contributed by atoms with Gasteiger partial charge in [-0.1, -0.05) is 12.1 Å². The van der Waals surface area contributed by atoms with Crippen LogP contribution in [0.4, 0.5) is 11.5 Å². The zero-order valence-electron chi connectivity index (χ0n) is 17.4. The Balaban J connectivity index is 0.00000300. The van der Waals surface area contributed by atoms with Gasteiger partial charge in [-0.05, 0) is 36.8 Å². The number of piperazine rings is 1. The van der Waals surface area contributed by atoms with E-state index in [4.69, 9.17) is 4.99 Å². The zero-order chi connectivity index (χ0) is 19.9. The van der Waals surface area contributed by atoms with E-state index in [1.165, 1.54) is 0 Å². The van der Waals surface area contributed by atoms with Crippen molar-refractivity contribution in [3.63, 3.8) is 0 Å². The molecule has 1 aromatic carbocycles. The van der Waals surface area contributed by atoms with Crippen molar-refractivity contribution < 1.29 is 5.11 Å². The molecule has 1 aliphatic rings. The van der Waals surface area contributed by atoms with Crippen LogP contribution in [0.15, 0.2) is 47.6 Å². The number of rotatable bonds is 5. The highest BCUT2D eigenvalue weighted by Crippen LogP contribution is 2.27. The van der Waals surface area contributed by atoms with Gasteiger partial charge in [0.25, 0.3) is 0 Å². The van der Waals surface area contributed by atoms with Crippen LogP contribution in [-0.2, 0) is 6.54 Å². The molecular weight excluding hydrogens is 479 g/mol. The number of phenolic OH excluding ortho intramolecular Hbond substituents is 1. The SMILES string of the molecule is CCNC(=NCc1ccnc(N(C)C)c1)N1CCN(c2ccccc2O)CC1.I. The molecule has 1 aromatic heterocycles. The van der Waals surface area contributed by atoms with E-state index >= 15 is 0 Å². The fourth-order valence-corrected chi connectivity index (χ4v) is 3.29. The summed E-state index contributed by atoms with van der Waals surface area (Å²) in [6.07, 6.45) is 1.83. The van der Waals surface area contributed by atoms with Crippen LogP contribution < -0.4 is 15.1 Å². The van der Waals surface area contributed by atoms with Gasteiger partial charge in [-0.2, -0.15) is 0 Å². The molecule has 0 unspecified atom stereocenters. The third-order valence-corrected chi connectivity index (χ3v) is 4.82. The molecule has 0 amide bonds. The number of hydrogen-bond acceptors (Lipinski definition) is 5. The molecular formula is C21H31IN6O. The largest absolute Gasteiger partial charge is 0.506 e. The molecule has 29 heavy (non-hydrogen) atoms. The third-order valence-electron chi connectivity index (χ3n) is 4.82. The zero-order valence-corrected chi connectivity index (χ0v) is 19.7. The number of guanidine groups is 1. The number of benzene rings is 1. The Morgan fingerprint density at radius 3 is 2.55 bits per heavy atom. The molecule has 1 fully saturated rings. The first-order valence-corrected chi connectivity index (χ1v) is 9.77. The average Bonchev–Trinajstić information content (AvgIpc) is 2.72. The van der Waals surface area contributed by atoms with Crippen molar-refractivity contribution in [2.24, 2.45) is 4.99 Å². The summed E-state index contributed by atoms with van der Waals surface area (Å²) < 4.78 is 0. The first-order valence-electron chi connectivity index (χ1n) is 9.77. The van der Waals surface area contributed by atoms with Gasteiger partial charge in [-0.25, -0.2) is 9.98 Å². The molecule has 3 rings (SSSR count). The minimum absolute atomic E-state index is 0. The van der Waals surface area contributed by atoms with Gasteiger partial charge in [-0.3, -0.25) is 0 Å². The van der Waals surface area contributed by atoms with Crippen molar-refractivity contribution in [3.05, 3.63) is 48.2 Å². The number of hydrogen-bond donors (Lipinski definition) is 2. The molecule has 1 saturated heterocycles. The highest BCUT2D eigenvalue weighted by molar-refractivity contribution is 14.0. The lowest BCUT2D eigenvalue weighted by Crippen LogP contribution is -2.52. The van der Waals surface area contributed by atoms with Crippen LogP contribution >= 0.6 is 24.0 Å². The average molecular weight is 510 g/mol. The Hall–Kier alpha value is -2.23. The van der Waals surface area contributed by atoms with Gasteiger partial charge in [-0.15, -0.1) is 24.0 Å². The van der Waals surface area contributed by atoms with Crippen LogP contribution in [0.1, 0.15) is 12.5 Å². The molecule has 2 N–H and O–H groups in total. The van der Waals surface area contributed by atoms with Gasteiger partial charge in [0, 0.05) is 53.0 Å². The molecule has 0 bridgehead atoms. The van der Waals surface area contributed by atoms with Gasteiger partial charge in [0.1, 0.15) is 11.6 Å². The fraction of sp³-hybridized carbons (Fsp3) is 0.429. The second-order valence-corrected chi connectivity index (χ2v) is 7.05. The number of para-hydroxylation sites is 2. The minimum atomic E-state index is 0. The Labute approximate surface area is 190 Å². The van der Waals surface area contributed by atoms with Gasteiger partial charge in [0.2, 0.25) is 0 Å². The summed E-state index contributed by atoms with van der Waals surface area (Å²) in [5.74, 6) is 2.21. The summed E-state index contributed by atoms with van der Waals surface area (Å²) in [6.45, 7) is 6.95. The Morgan fingerprint density at radius 1 is 1.17 bits per heavy atom. The monoisotopic (exact) mass is 510 g/mol.